The maximum atomic E-state index is 10.8. The molecule has 3 aromatic rings. The molecule has 0 aliphatic heterocycles. The van der Waals surface area contributed by atoms with Crippen LogP contribution in [0.3, 0.4) is 0 Å². The van der Waals surface area contributed by atoms with Gasteiger partial charge in [0.25, 0.3) is 0 Å². The van der Waals surface area contributed by atoms with Gasteiger partial charge in [0, 0.05) is 16.3 Å². The van der Waals surface area contributed by atoms with Gasteiger partial charge >= 0.3 is 0 Å². The SMILES string of the molecule is O=C=NCC(c1ccc(CI)cc1)C(c1ccccc1)c1ccccc1. The molecule has 0 amide bonds. The fourth-order valence-corrected chi connectivity index (χ4v) is 3.88. The van der Waals surface area contributed by atoms with Crippen molar-refractivity contribution in [3.05, 3.63) is 107 Å². The zero-order valence-electron chi connectivity index (χ0n) is 14.4. The van der Waals surface area contributed by atoms with Gasteiger partial charge in [0.2, 0.25) is 6.08 Å². The fourth-order valence-electron chi connectivity index (χ4n) is 3.37. The molecule has 3 rings (SSSR count). The molecule has 0 saturated carbocycles. The van der Waals surface area contributed by atoms with Gasteiger partial charge in [-0.25, -0.2) is 9.79 Å². The van der Waals surface area contributed by atoms with E-state index in [0.717, 1.165) is 4.43 Å². The zero-order valence-corrected chi connectivity index (χ0v) is 16.5. The molecule has 1 atom stereocenters. The molecule has 3 aromatic carbocycles. The molecule has 0 fully saturated rings. The first-order valence-electron chi connectivity index (χ1n) is 8.62. The van der Waals surface area contributed by atoms with Crippen LogP contribution >= 0.6 is 22.6 Å². The standard InChI is InChI=1S/C23H20INO/c24-15-18-11-13-19(14-12-18)22(16-25-17-26)23(20-7-3-1-4-8-20)21-9-5-2-6-10-21/h1-14,22-23H,15-16H2. The second-order valence-corrected chi connectivity index (χ2v) is 6.98. The summed E-state index contributed by atoms with van der Waals surface area (Å²) in [5.41, 5.74) is 4.93. The highest BCUT2D eigenvalue weighted by Gasteiger charge is 2.26. The summed E-state index contributed by atoms with van der Waals surface area (Å²) in [4.78, 5) is 14.8. The van der Waals surface area contributed by atoms with Crippen LogP contribution in [0.15, 0.2) is 89.9 Å². The number of hydrogen-bond acceptors (Lipinski definition) is 2. The van der Waals surface area contributed by atoms with Crippen LogP contribution in [0.1, 0.15) is 34.1 Å². The largest absolute Gasteiger partial charge is 0.234 e. The van der Waals surface area contributed by atoms with Gasteiger partial charge in [0.05, 0.1) is 6.54 Å². The van der Waals surface area contributed by atoms with Gasteiger partial charge in [0.1, 0.15) is 0 Å². The Labute approximate surface area is 168 Å². The summed E-state index contributed by atoms with van der Waals surface area (Å²) >= 11 is 2.37. The van der Waals surface area contributed by atoms with E-state index < -0.39 is 0 Å². The molecule has 0 saturated heterocycles. The molecule has 0 aromatic heterocycles. The van der Waals surface area contributed by atoms with Gasteiger partial charge in [-0.3, -0.25) is 0 Å². The maximum Gasteiger partial charge on any atom is 0.234 e. The molecule has 0 radical (unpaired) electrons. The summed E-state index contributed by atoms with van der Waals surface area (Å²) in [5, 5.41) is 0. The smallest absolute Gasteiger partial charge is 0.211 e. The summed E-state index contributed by atoms with van der Waals surface area (Å²) in [6, 6.07) is 29.5. The minimum Gasteiger partial charge on any atom is -0.211 e. The van der Waals surface area contributed by atoms with Gasteiger partial charge < -0.3 is 0 Å². The van der Waals surface area contributed by atoms with E-state index >= 15 is 0 Å². The normalized spacial score (nSPS) is 11.8. The highest BCUT2D eigenvalue weighted by molar-refractivity contribution is 14.1. The van der Waals surface area contributed by atoms with E-state index in [-0.39, 0.29) is 11.8 Å². The predicted molar refractivity (Wildman–Crippen MR) is 115 cm³/mol. The Morgan fingerprint density at radius 2 is 1.31 bits per heavy atom. The first-order chi connectivity index (χ1) is 12.8. The molecular weight excluding hydrogens is 433 g/mol. The Kier molecular flexibility index (Phi) is 6.75. The number of isocyanates is 1. The summed E-state index contributed by atoms with van der Waals surface area (Å²) < 4.78 is 0.982. The van der Waals surface area contributed by atoms with Crippen molar-refractivity contribution in [3.63, 3.8) is 0 Å². The zero-order chi connectivity index (χ0) is 18.2. The van der Waals surface area contributed by atoms with E-state index in [4.69, 9.17) is 0 Å². The maximum absolute atomic E-state index is 10.8. The summed E-state index contributed by atoms with van der Waals surface area (Å²) in [7, 11) is 0. The van der Waals surface area contributed by atoms with Crippen LogP contribution in [0.2, 0.25) is 0 Å². The molecule has 0 aliphatic carbocycles. The van der Waals surface area contributed by atoms with Gasteiger partial charge in [0.15, 0.2) is 0 Å². The number of hydrogen-bond donors (Lipinski definition) is 0. The lowest BCUT2D eigenvalue weighted by Gasteiger charge is -2.27. The third kappa shape index (κ3) is 4.48. The monoisotopic (exact) mass is 453 g/mol. The average molecular weight is 453 g/mol. The Morgan fingerprint density at radius 3 is 1.77 bits per heavy atom. The third-order valence-corrected chi connectivity index (χ3v) is 5.52. The van der Waals surface area contributed by atoms with E-state index in [2.05, 4.69) is 100 Å². The van der Waals surface area contributed by atoms with Crippen LogP contribution in [0.25, 0.3) is 0 Å². The van der Waals surface area contributed by atoms with E-state index in [0.29, 0.717) is 6.54 Å². The molecule has 0 N–H and O–H groups in total. The summed E-state index contributed by atoms with van der Waals surface area (Å²) in [5.74, 6) is 0.199. The Bertz CT molecular complexity index is 816. The van der Waals surface area contributed by atoms with Gasteiger partial charge in [-0.15, -0.1) is 0 Å². The second kappa shape index (κ2) is 9.46. The molecule has 130 valence electrons. The fraction of sp³-hybridized carbons (Fsp3) is 0.174. The lowest BCUT2D eigenvalue weighted by Crippen LogP contribution is -2.16. The number of aliphatic imine (C=N–C) groups is 1. The minimum atomic E-state index is 0.0736. The van der Waals surface area contributed by atoms with E-state index in [1.807, 2.05) is 12.1 Å². The molecular formula is C23H20INO. The van der Waals surface area contributed by atoms with Gasteiger partial charge in [-0.05, 0) is 22.3 Å². The van der Waals surface area contributed by atoms with Crippen LogP contribution in [-0.4, -0.2) is 12.6 Å². The lowest BCUT2D eigenvalue weighted by molar-refractivity contribution is 0.556. The summed E-state index contributed by atoms with van der Waals surface area (Å²) in [6.07, 6.45) is 1.72. The van der Waals surface area contributed by atoms with E-state index in [1.165, 1.54) is 22.3 Å². The molecule has 3 heteroatoms. The number of carbonyl (C=O) groups excluding carboxylic acids is 1. The average Bonchev–Trinajstić information content (AvgIpc) is 2.72. The topological polar surface area (TPSA) is 29.4 Å². The molecule has 26 heavy (non-hydrogen) atoms. The Balaban J connectivity index is 2.10. The molecule has 0 spiro atoms. The molecule has 1 unspecified atom stereocenters. The third-order valence-electron chi connectivity index (χ3n) is 4.63. The van der Waals surface area contributed by atoms with Crippen molar-refractivity contribution in [3.8, 4) is 0 Å². The van der Waals surface area contributed by atoms with Crippen molar-refractivity contribution in [1.29, 1.82) is 0 Å². The highest BCUT2D eigenvalue weighted by Crippen LogP contribution is 2.38. The van der Waals surface area contributed by atoms with E-state index in [9.17, 15) is 4.79 Å². The van der Waals surface area contributed by atoms with Crippen molar-refractivity contribution in [2.75, 3.05) is 6.54 Å². The highest BCUT2D eigenvalue weighted by atomic mass is 127. The Hall–Kier alpha value is -2.23. The molecule has 0 heterocycles. The van der Waals surface area contributed by atoms with Gasteiger partial charge in [-0.2, -0.15) is 0 Å². The second-order valence-electron chi connectivity index (χ2n) is 6.21. The van der Waals surface area contributed by atoms with Crippen molar-refractivity contribution in [1.82, 2.24) is 0 Å². The number of nitrogens with zero attached hydrogens (tertiary/aromatic N) is 1. The van der Waals surface area contributed by atoms with Crippen molar-refractivity contribution < 1.29 is 4.79 Å². The molecule has 2 nitrogen and oxygen atoms in total. The predicted octanol–water partition coefficient (Wildman–Crippen LogP) is 5.87. The lowest BCUT2D eigenvalue weighted by atomic mass is 9.77. The van der Waals surface area contributed by atoms with Crippen molar-refractivity contribution in [2.24, 2.45) is 4.99 Å². The van der Waals surface area contributed by atoms with Crippen molar-refractivity contribution >= 4 is 28.7 Å². The van der Waals surface area contributed by atoms with Crippen LogP contribution in [0, 0.1) is 0 Å². The molecule has 0 aliphatic rings. The first kappa shape index (κ1) is 18.6. The number of alkyl halides is 1. The van der Waals surface area contributed by atoms with Crippen LogP contribution in [-0.2, 0) is 9.22 Å². The number of rotatable bonds is 7. The Morgan fingerprint density at radius 1 is 0.769 bits per heavy atom. The van der Waals surface area contributed by atoms with E-state index in [1.54, 1.807) is 6.08 Å². The number of benzene rings is 3. The van der Waals surface area contributed by atoms with Gasteiger partial charge in [-0.1, -0.05) is 108 Å². The first-order valence-corrected chi connectivity index (χ1v) is 10.1. The minimum absolute atomic E-state index is 0.0736. The van der Waals surface area contributed by atoms with Crippen LogP contribution in [0.4, 0.5) is 0 Å². The van der Waals surface area contributed by atoms with Crippen molar-refractivity contribution in [2.45, 2.75) is 16.3 Å². The number of halogens is 1. The quantitative estimate of drug-likeness (QED) is 0.190. The van der Waals surface area contributed by atoms with Crippen LogP contribution in [0.5, 0.6) is 0 Å². The molecule has 0 bridgehead atoms. The summed E-state index contributed by atoms with van der Waals surface area (Å²) in [6.45, 7) is 0.418. The van der Waals surface area contributed by atoms with Crippen LogP contribution < -0.4 is 0 Å².